The van der Waals surface area contributed by atoms with E-state index < -0.39 is 0 Å². The van der Waals surface area contributed by atoms with Crippen LogP contribution in [0.25, 0.3) is 0 Å². The van der Waals surface area contributed by atoms with Crippen LogP contribution >= 0.6 is 15.9 Å². The molecule has 0 amide bonds. The molecule has 0 aromatic heterocycles. The molecule has 0 atom stereocenters. The summed E-state index contributed by atoms with van der Waals surface area (Å²) in [7, 11) is 0. The number of hydrogen-bond donors (Lipinski definition) is 1. The Morgan fingerprint density at radius 2 is 2.27 bits per heavy atom. The van der Waals surface area contributed by atoms with Crippen LogP contribution in [0.15, 0.2) is 33.7 Å². The topological polar surface area (TPSA) is 26.0 Å². The van der Waals surface area contributed by atoms with Gasteiger partial charge in [-0.2, -0.15) is 0 Å². The molecule has 3 heteroatoms. The van der Waals surface area contributed by atoms with Crippen LogP contribution in [0.3, 0.4) is 0 Å². The zero-order valence-electron chi connectivity index (χ0n) is 6.20. The Balaban J connectivity index is 3.04. The maximum atomic E-state index is 12.8. The van der Waals surface area contributed by atoms with Gasteiger partial charge in [0.1, 0.15) is 5.83 Å². The van der Waals surface area contributed by atoms with E-state index in [1.165, 1.54) is 0 Å². The molecule has 0 radical (unpaired) electrons. The van der Waals surface area contributed by atoms with E-state index >= 15 is 0 Å². The minimum absolute atomic E-state index is 0.213. The molecule has 0 spiro atoms. The van der Waals surface area contributed by atoms with Crippen LogP contribution in [-0.4, -0.2) is 0 Å². The van der Waals surface area contributed by atoms with E-state index in [1.807, 2.05) is 6.92 Å². The van der Waals surface area contributed by atoms with Crippen LogP contribution in [0.5, 0.6) is 0 Å². The lowest BCUT2D eigenvalue weighted by Gasteiger charge is -1.94. The smallest absolute Gasteiger partial charge is 0.127 e. The number of nitrogens with two attached hydrogens (primary N) is 1. The molecular formula is C8H9BrFN. The Kier molecular flexibility index (Phi) is 2.49. The molecule has 1 nitrogen and oxygen atoms in total. The van der Waals surface area contributed by atoms with Gasteiger partial charge in [-0.05, 0) is 18.6 Å². The van der Waals surface area contributed by atoms with Crippen molar-refractivity contribution in [3.05, 3.63) is 33.7 Å². The summed E-state index contributed by atoms with van der Waals surface area (Å²) in [6.45, 7) is 1.91. The molecule has 0 saturated carbocycles. The Morgan fingerprint density at radius 1 is 1.64 bits per heavy atom. The zero-order chi connectivity index (χ0) is 8.43. The molecule has 2 N–H and O–H groups in total. The fraction of sp³-hybridized carbons (Fsp3) is 0.250. The van der Waals surface area contributed by atoms with Gasteiger partial charge in [0.15, 0.2) is 0 Å². The number of rotatable bonds is 0. The normalized spacial score (nSPS) is 19.2. The Morgan fingerprint density at radius 3 is 2.91 bits per heavy atom. The molecule has 0 unspecified atom stereocenters. The maximum Gasteiger partial charge on any atom is 0.127 e. The third-order valence-electron chi connectivity index (χ3n) is 1.56. The van der Waals surface area contributed by atoms with Gasteiger partial charge in [-0.1, -0.05) is 22.0 Å². The van der Waals surface area contributed by atoms with Gasteiger partial charge in [0, 0.05) is 10.9 Å². The van der Waals surface area contributed by atoms with Gasteiger partial charge in [0.2, 0.25) is 0 Å². The summed E-state index contributed by atoms with van der Waals surface area (Å²) < 4.78 is 13.7. The fourth-order valence-corrected chi connectivity index (χ4v) is 1.20. The summed E-state index contributed by atoms with van der Waals surface area (Å²) >= 11 is 3.28. The van der Waals surface area contributed by atoms with Crippen molar-refractivity contribution in [1.82, 2.24) is 0 Å². The summed E-state index contributed by atoms with van der Waals surface area (Å²) in [6, 6.07) is 0. The van der Waals surface area contributed by atoms with Crippen molar-refractivity contribution in [2.45, 2.75) is 13.3 Å². The second-order valence-corrected chi connectivity index (χ2v) is 3.30. The van der Waals surface area contributed by atoms with Crippen molar-refractivity contribution in [2.24, 2.45) is 5.73 Å². The largest absolute Gasteiger partial charge is 0.397 e. The van der Waals surface area contributed by atoms with E-state index in [1.54, 1.807) is 12.2 Å². The minimum atomic E-state index is -0.265. The molecule has 0 fully saturated rings. The summed E-state index contributed by atoms with van der Waals surface area (Å²) in [5.41, 5.74) is 6.62. The van der Waals surface area contributed by atoms with Crippen molar-refractivity contribution in [3.63, 3.8) is 0 Å². The van der Waals surface area contributed by atoms with E-state index in [0.29, 0.717) is 6.42 Å². The third kappa shape index (κ3) is 1.93. The van der Waals surface area contributed by atoms with Crippen molar-refractivity contribution in [2.75, 3.05) is 0 Å². The first kappa shape index (κ1) is 8.53. The first-order valence-electron chi connectivity index (χ1n) is 3.29. The average Bonchev–Trinajstić information content (AvgIpc) is 2.05. The minimum Gasteiger partial charge on any atom is -0.397 e. The molecule has 0 bridgehead atoms. The molecule has 60 valence electrons. The van der Waals surface area contributed by atoms with Crippen LogP contribution in [0.1, 0.15) is 13.3 Å². The van der Waals surface area contributed by atoms with Gasteiger partial charge in [-0.25, -0.2) is 4.39 Å². The second-order valence-electron chi connectivity index (χ2n) is 2.44. The van der Waals surface area contributed by atoms with Gasteiger partial charge in [-0.15, -0.1) is 0 Å². The molecule has 1 rings (SSSR count). The standard InChI is InChI=1S/C8H9BrFN/c1-5-2-3-7(10)8(11)4-6(5)9/h2,4H,3,11H2,1H3. The van der Waals surface area contributed by atoms with Crippen LogP contribution in [0.4, 0.5) is 4.39 Å². The number of allylic oxidation sites excluding steroid dienone is 5. The Bertz CT molecular complexity index is 263. The first-order valence-corrected chi connectivity index (χ1v) is 4.09. The van der Waals surface area contributed by atoms with Crippen LogP contribution in [0.2, 0.25) is 0 Å². The second kappa shape index (κ2) is 3.22. The summed E-state index contributed by atoms with van der Waals surface area (Å²) in [4.78, 5) is 0. The first-order chi connectivity index (χ1) is 5.11. The van der Waals surface area contributed by atoms with E-state index in [-0.39, 0.29) is 11.5 Å². The van der Waals surface area contributed by atoms with E-state index in [4.69, 9.17) is 5.73 Å². The molecule has 0 aromatic rings. The molecule has 0 saturated heterocycles. The highest BCUT2D eigenvalue weighted by molar-refractivity contribution is 9.12. The highest BCUT2D eigenvalue weighted by atomic mass is 79.9. The number of hydrogen-bond acceptors (Lipinski definition) is 1. The number of halogens is 2. The maximum absolute atomic E-state index is 12.8. The summed E-state index contributed by atoms with van der Waals surface area (Å²) in [5.74, 6) is -0.265. The zero-order valence-corrected chi connectivity index (χ0v) is 7.78. The summed E-state index contributed by atoms with van der Waals surface area (Å²) in [6.07, 6.45) is 3.69. The lowest BCUT2D eigenvalue weighted by atomic mass is 10.2. The van der Waals surface area contributed by atoms with E-state index in [0.717, 1.165) is 10.1 Å². The molecule has 0 aliphatic heterocycles. The lowest BCUT2D eigenvalue weighted by molar-refractivity contribution is 0.607. The molecule has 11 heavy (non-hydrogen) atoms. The summed E-state index contributed by atoms with van der Waals surface area (Å²) in [5, 5.41) is 0. The van der Waals surface area contributed by atoms with E-state index in [2.05, 4.69) is 15.9 Å². The molecule has 1 aliphatic rings. The predicted molar refractivity (Wildman–Crippen MR) is 47.7 cm³/mol. The van der Waals surface area contributed by atoms with Crippen LogP contribution in [-0.2, 0) is 0 Å². The van der Waals surface area contributed by atoms with E-state index in [9.17, 15) is 4.39 Å². The highest BCUT2D eigenvalue weighted by Crippen LogP contribution is 2.24. The van der Waals surface area contributed by atoms with Crippen LogP contribution < -0.4 is 5.73 Å². The fourth-order valence-electron chi connectivity index (χ4n) is 0.787. The Labute approximate surface area is 73.6 Å². The van der Waals surface area contributed by atoms with Crippen molar-refractivity contribution in [3.8, 4) is 0 Å². The molecule has 1 aliphatic carbocycles. The van der Waals surface area contributed by atoms with Gasteiger partial charge < -0.3 is 5.73 Å². The monoisotopic (exact) mass is 217 g/mol. The molecule has 0 aromatic carbocycles. The highest BCUT2D eigenvalue weighted by Gasteiger charge is 2.05. The van der Waals surface area contributed by atoms with Crippen LogP contribution in [0, 0.1) is 0 Å². The van der Waals surface area contributed by atoms with Crippen molar-refractivity contribution < 1.29 is 4.39 Å². The lowest BCUT2D eigenvalue weighted by Crippen LogP contribution is -1.95. The predicted octanol–water partition coefficient (Wildman–Crippen LogP) is 2.76. The SMILES string of the molecule is CC1=CCC(F)=C(N)C=C1Br. The van der Waals surface area contributed by atoms with Gasteiger partial charge >= 0.3 is 0 Å². The van der Waals surface area contributed by atoms with Gasteiger partial charge in [0.25, 0.3) is 0 Å². The quantitative estimate of drug-likeness (QED) is 0.664. The van der Waals surface area contributed by atoms with Gasteiger partial charge in [0.05, 0.1) is 5.70 Å². The van der Waals surface area contributed by atoms with Gasteiger partial charge in [-0.3, -0.25) is 0 Å². The Hall–Kier alpha value is -0.570. The average molecular weight is 218 g/mol. The third-order valence-corrected chi connectivity index (χ3v) is 2.41. The molecule has 0 heterocycles. The molecular weight excluding hydrogens is 209 g/mol. The van der Waals surface area contributed by atoms with Crippen molar-refractivity contribution in [1.29, 1.82) is 0 Å². The van der Waals surface area contributed by atoms with Crippen molar-refractivity contribution >= 4 is 15.9 Å².